The van der Waals surface area contributed by atoms with Crippen molar-refractivity contribution in [3.05, 3.63) is 30.1 Å². The van der Waals surface area contributed by atoms with Gasteiger partial charge in [0, 0.05) is 44.6 Å². The summed E-state index contributed by atoms with van der Waals surface area (Å²) >= 11 is 0. The summed E-state index contributed by atoms with van der Waals surface area (Å²) in [4.78, 5) is 19.2. The molecule has 5 heteroatoms. The van der Waals surface area contributed by atoms with Gasteiger partial charge in [0.15, 0.2) is 0 Å². The molecule has 1 aliphatic rings. The van der Waals surface area contributed by atoms with Crippen molar-refractivity contribution in [1.82, 2.24) is 14.8 Å². The molecule has 1 aliphatic heterocycles. The SMILES string of the molecule is CN(CCC(=O)O)C1CCN(Cc2ccncc2)C1. The van der Waals surface area contributed by atoms with Crippen LogP contribution in [0.25, 0.3) is 0 Å². The Morgan fingerprint density at radius 2 is 2.26 bits per heavy atom. The molecule has 0 radical (unpaired) electrons. The smallest absolute Gasteiger partial charge is 0.304 e. The van der Waals surface area contributed by atoms with Gasteiger partial charge < -0.3 is 10.0 Å². The number of likely N-dealkylation sites (N-methyl/N-ethyl adjacent to an activating group) is 1. The van der Waals surface area contributed by atoms with E-state index in [1.54, 1.807) is 0 Å². The summed E-state index contributed by atoms with van der Waals surface area (Å²) in [5.74, 6) is -0.724. The van der Waals surface area contributed by atoms with Crippen LogP contribution in [0.5, 0.6) is 0 Å². The van der Waals surface area contributed by atoms with Crippen LogP contribution in [0.3, 0.4) is 0 Å². The number of aromatic nitrogens is 1. The predicted octanol–water partition coefficient (Wildman–Crippen LogP) is 1.06. The third-order valence-corrected chi connectivity index (χ3v) is 3.70. The molecule has 19 heavy (non-hydrogen) atoms. The van der Waals surface area contributed by atoms with E-state index in [-0.39, 0.29) is 6.42 Å². The van der Waals surface area contributed by atoms with Gasteiger partial charge in [-0.3, -0.25) is 14.7 Å². The van der Waals surface area contributed by atoms with Crippen molar-refractivity contribution in [1.29, 1.82) is 0 Å². The van der Waals surface area contributed by atoms with Crippen molar-refractivity contribution in [3.63, 3.8) is 0 Å². The van der Waals surface area contributed by atoms with Crippen LogP contribution in [0.4, 0.5) is 0 Å². The highest BCUT2D eigenvalue weighted by molar-refractivity contribution is 5.66. The zero-order valence-corrected chi connectivity index (χ0v) is 11.3. The summed E-state index contributed by atoms with van der Waals surface area (Å²) in [6.07, 6.45) is 4.97. The number of carbonyl (C=O) groups is 1. The van der Waals surface area contributed by atoms with Crippen LogP contribution in [0.2, 0.25) is 0 Å². The van der Waals surface area contributed by atoms with Gasteiger partial charge in [-0.25, -0.2) is 0 Å². The van der Waals surface area contributed by atoms with E-state index in [0.29, 0.717) is 12.6 Å². The van der Waals surface area contributed by atoms with Crippen LogP contribution in [0.1, 0.15) is 18.4 Å². The van der Waals surface area contributed by atoms with Gasteiger partial charge >= 0.3 is 5.97 Å². The Morgan fingerprint density at radius 3 is 2.95 bits per heavy atom. The van der Waals surface area contributed by atoms with Crippen LogP contribution in [-0.4, -0.2) is 58.6 Å². The van der Waals surface area contributed by atoms with Crippen molar-refractivity contribution in [2.24, 2.45) is 0 Å². The molecule has 2 heterocycles. The number of rotatable bonds is 6. The first kappa shape index (κ1) is 14.0. The van der Waals surface area contributed by atoms with E-state index in [1.807, 2.05) is 31.6 Å². The van der Waals surface area contributed by atoms with Gasteiger partial charge in [-0.05, 0) is 31.2 Å². The first-order valence-corrected chi connectivity index (χ1v) is 6.68. The van der Waals surface area contributed by atoms with E-state index in [4.69, 9.17) is 5.11 Å². The summed E-state index contributed by atoms with van der Waals surface area (Å²) in [6.45, 7) is 3.66. The summed E-state index contributed by atoms with van der Waals surface area (Å²) < 4.78 is 0. The largest absolute Gasteiger partial charge is 0.481 e. The zero-order valence-electron chi connectivity index (χ0n) is 11.3. The summed E-state index contributed by atoms with van der Waals surface area (Å²) in [5, 5.41) is 8.71. The normalized spacial score (nSPS) is 20.0. The molecule has 1 N–H and O–H groups in total. The highest BCUT2D eigenvalue weighted by atomic mass is 16.4. The Bertz CT molecular complexity index is 410. The van der Waals surface area contributed by atoms with Crippen molar-refractivity contribution in [2.75, 3.05) is 26.7 Å². The van der Waals surface area contributed by atoms with E-state index in [2.05, 4.69) is 14.8 Å². The van der Waals surface area contributed by atoms with Crippen molar-refractivity contribution >= 4 is 5.97 Å². The van der Waals surface area contributed by atoms with Crippen LogP contribution in [-0.2, 0) is 11.3 Å². The number of pyridine rings is 1. The molecule has 1 aromatic rings. The van der Waals surface area contributed by atoms with Crippen LogP contribution in [0.15, 0.2) is 24.5 Å². The van der Waals surface area contributed by atoms with Crippen molar-refractivity contribution in [2.45, 2.75) is 25.4 Å². The third-order valence-electron chi connectivity index (χ3n) is 3.70. The third kappa shape index (κ3) is 4.29. The van der Waals surface area contributed by atoms with E-state index in [9.17, 15) is 4.79 Å². The highest BCUT2D eigenvalue weighted by Crippen LogP contribution is 2.17. The lowest BCUT2D eigenvalue weighted by Crippen LogP contribution is -2.35. The summed E-state index contributed by atoms with van der Waals surface area (Å²) in [7, 11) is 2.02. The van der Waals surface area contributed by atoms with E-state index in [1.165, 1.54) is 5.56 Å². The van der Waals surface area contributed by atoms with Crippen LogP contribution >= 0.6 is 0 Å². The topological polar surface area (TPSA) is 56.7 Å². The van der Waals surface area contributed by atoms with Crippen molar-refractivity contribution < 1.29 is 9.90 Å². The van der Waals surface area contributed by atoms with Gasteiger partial charge in [-0.2, -0.15) is 0 Å². The highest BCUT2D eigenvalue weighted by Gasteiger charge is 2.25. The van der Waals surface area contributed by atoms with Crippen molar-refractivity contribution in [3.8, 4) is 0 Å². The van der Waals surface area contributed by atoms with Gasteiger partial charge in [-0.1, -0.05) is 0 Å². The second-order valence-electron chi connectivity index (χ2n) is 5.16. The number of aliphatic carboxylic acids is 1. The fourth-order valence-electron chi connectivity index (χ4n) is 2.52. The summed E-state index contributed by atoms with van der Waals surface area (Å²) in [5.41, 5.74) is 1.28. The first-order valence-electron chi connectivity index (χ1n) is 6.68. The monoisotopic (exact) mass is 263 g/mol. The van der Waals surface area contributed by atoms with Gasteiger partial charge in [0.2, 0.25) is 0 Å². The average Bonchev–Trinajstić information content (AvgIpc) is 2.85. The molecule has 0 aliphatic carbocycles. The Balaban J connectivity index is 1.78. The number of hydrogen-bond donors (Lipinski definition) is 1. The number of carboxylic acids is 1. The minimum Gasteiger partial charge on any atom is -0.481 e. The van der Waals surface area contributed by atoms with Gasteiger partial charge in [0.25, 0.3) is 0 Å². The lowest BCUT2D eigenvalue weighted by Gasteiger charge is -2.24. The molecule has 1 atom stereocenters. The fraction of sp³-hybridized carbons (Fsp3) is 0.571. The molecular formula is C14H21N3O2. The molecule has 1 unspecified atom stereocenters. The molecule has 0 saturated carbocycles. The second-order valence-corrected chi connectivity index (χ2v) is 5.16. The number of likely N-dealkylation sites (tertiary alicyclic amines) is 1. The molecule has 104 valence electrons. The Morgan fingerprint density at radius 1 is 1.53 bits per heavy atom. The maximum atomic E-state index is 10.6. The molecule has 0 amide bonds. The molecule has 5 nitrogen and oxygen atoms in total. The number of nitrogens with zero attached hydrogens (tertiary/aromatic N) is 3. The second kappa shape index (κ2) is 6.63. The summed E-state index contributed by atoms with van der Waals surface area (Å²) in [6, 6.07) is 4.56. The van der Waals surface area contributed by atoms with Gasteiger partial charge in [-0.15, -0.1) is 0 Å². The lowest BCUT2D eigenvalue weighted by atomic mass is 10.2. The lowest BCUT2D eigenvalue weighted by molar-refractivity contribution is -0.137. The van der Waals surface area contributed by atoms with Crippen LogP contribution < -0.4 is 0 Å². The Labute approximate surface area is 113 Å². The Kier molecular flexibility index (Phi) is 4.87. The maximum Gasteiger partial charge on any atom is 0.304 e. The minimum absolute atomic E-state index is 0.220. The fourth-order valence-corrected chi connectivity index (χ4v) is 2.52. The Hall–Kier alpha value is -1.46. The first-order chi connectivity index (χ1) is 9.15. The quantitative estimate of drug-likeness (QED) is 0.832. The molecule has 2 rings (SSSR count). The molecular weight excluding hydrogens is 242 g/mol. The maximum absolute atomic E-state index is 10.6. The van der Waals surface area contributed by atoms with Gasteiger partial charge in [0.1, 0.15) is 0 Å². The molecule has 1 fully saturated rings. The number of carboxylic acid groups (broad SMARTS) is 1. The molecule has 0 aromatic carbocycles. The average molecular weight is 263 g/mol. The molecule has 0 bridgehead atoms. The van der Waals surface area contributed by atoms with E-state index < -0.39 is 5.97 Å². The minimum atomic E-state index is -0.724. The predicted molar refractivity (Wildman–Crippen MR) is 72.8 cm³/mol. The number of hydrogen-bond acceptors (Lipinski definition) is 4. The van der Waals surface area contributed by atoms with E-state index >= 15 is 0 Å². The molecule has 1 saturated heterocycles. The van der Waals surface area contributed by atoms with Crippen LogP contribution in [0, 0.1) is 0 Å². The standard InChI is InChI=1S/C14H21N3O2/c1-16(8-5-14(18)19)13-4-9-17(11-13)10-12-2-6-15-7-3-12/h2-3,6-7,13H,4-5,8-11H2,1H3,(H,18,19). The van der Waals surface area contributed by atoms with Gasteiger partial charge in [0.05, 0.1) is 6.42 Å². The zero-order chi connectivity index (χ0) is 13.7. The molecule has 1 aromatic heterocycles. The molecule has 0 spiro atoms. The van der Waals surface area contributed by atoms with E-state index in [0.717, 1.165) is 26.1 Å².